The maximum atomic E-state index is 11.7. The largest absolute Gasteiger partial charge is 0.366 e. The van der Waals surface area contributed by atoms with E-state index in [1.807, 2.05) is 6.07 Å². The average molecular weight is 430 g/mol. The zero-order valence-electron chi connectivity index (χ0n) is 21.1. The first-order valence-corrected chi connectivity index (χ1v) is 13.6. The Kier molecular flexibility index (Phi) is 16.3. The van der Waals surface area contributed by atoms with Crippen LogP contribution in [0, 0.1) is 0 Å². The predicted octanol–water partition coefficient (Wildman–Crippen LogP) is 8.71. The Labute approximate surface area is 193 Å². The minimum Gasteiger partial charge on any atom is -0.366 e. The fourth-order valence-electron chi connectivity index (χ4n) is 4.91. The predicted molar refractivity (Wildman–Crippen MR) is 137 cm³/mol. The molecule has 0 aromatic heterocycles. The van der Waals surface area contributed by atoms with Gasteiger partial charge in [0.15, 0.2) is 0 Å². The Morgan fingerprint density at radius 1 is 0.613 bits per heavy atom. The molecule has 0 aliphatic rings. The number of hydrogen-bond donors (Lipinski definition) is 1. The molecule has 0 radical (unpaired) electrons. The van der Waals surface area contributed by atoms with Gasteiger partial charge in [-0.05, 0) is 48.4 Å². The van der Waals surface area contributed by atoms with Crippen LogP contribution in [0.25, 0.3) is 0 Å². The number of rotatable bonds is 20. The summed E-state index contributed by atoms with van der Waals surface area (Å²) < 4.78 is 0. The maximum Gasteiger partial charge on any atom is 0.248 e. The molecule has 1 aromatic rings. The summed E-state index contributed by atoms with van der Waals surface area (Å²) in [5.41, 5.74) is 10.2. The summed E-state index contributed by atoms with van der Waals surface area (Å²) >= 11 is 0. The SMILES string of the molecule is CCCCCCCCCCCCCCCCCCc1ccc(C(N)=O)c(CC)c1CC. The molecule has 0 aliphatic heterocycles. The van der Waals surface area contributed by atoms with Crippen molar-refractivity contribution in [3.05, 3.63) is 34.4 Å². The Balaban J connectivity index is 2.06. The second kappa shape index (κ2) is 18.3. The first-order chi connectivity index (χ1) is 15.2. The first kappa shape index (κ1) is 27.7. The van der Waals surface area contributed by atoms with Crippen LogP contribution in [0.3, 0.4) is 0 Å². The molecule has 0 fully saturated rings. The molecule has 1 aromatic carbocycles. The first-order valence-electron chi connectivity index (χ1n) is 13.6. The molecule has 0 bridgehead atoms. The molecule has 0 aliphatic carbocycles. The number of carbonyl (C=O) groups is 1. The fraction of sp³-hybridized carbons (Fsp3) is 0.759. The van der Waals surface area contributed by atoms with Crippen LogP contribution < -0.4 is 5.73 Å². The van der Waals surface area contributed by atoms with Gasteiger partial charge in [-0.1, -0.05) is 123 Å². The highest BCUT2D eigenvalue weighted by atomic mass is 16.1. The van der Waals surface area contributed by atoms with E-state index in [1.165, 1.54) is 119 Å². The lowest BCUT2D eigenvalue weighted by Crippen LogP contribution is -2.16. The van der Waals surface area contributed by atoms with Crippen molar-refractivity contribution in [2.24, 2.45) is 5.73 Å². The van der Waals surface area contributed by atoms with Crippen molar-refractivity contribution >= 4 is 5.91 Å². The molecule has 2 N–H and O–H groups in total. The van der Waals surface area contributed by atoms with Crippen molar-refractivity contribution in [2.45, 2.75) is 143 Å². The monoisotopic (exact) mass is 429 g/mol. The van der Waals surface area contributed by atoms with Gasteiger partial charge in [0.05, 0.1) is 0 Å². The van der Waals surface area contributed by atoms with Crippen molar-refractivity contribution < 1.29 is 4.79 Å². The minimum atomic E-state index is -0.291. The van der Waals surface area contributed by atoms with Gasteiger partial charge in [0, 0.05) is 5.56 Å². The number of unbranched alkanes of at least 4 members (excludes halogenated alkanes) is 15. The molecule has 1 amide bonds. The molecular weight excluding hydrogens is 378 g/mol. The molecule has 1 rings (SSSR count). The summed E-state index contributed by atoms with van der Waals surface area (Å²) in [6, 6.07) is 4.09. The van der Waals surface area contributed by atoms with E-state index >= 15 is 0 Å². The van der Waals surface area contributed by atoms with Crippen LogP contribution >= 0.6 is 0 Å². The van der Waals surface area contributed by atoms with Crippen molar-refractivity contribution in [3.63, 3.8) is 0 Å². The molecule has 31 heavy (non-hydrogen) atoms. The normalized spacial score (nSPS) is 11.2. The zero-order chi connectivity index (χ0) is 22.7. The van der Waals surface area contributed by atoms with E-state index in [-0.39, 0.29) is 5.91 Å². The zero-order valence-corrected chi connectivity index (χ0v) is 21.1. The van der Waals surface area contributed by atoms with Crippen molar-refractivity contribution in [2.75, 3.05) is 0 Å². The second-order valence-electron chi connectivity index (χ2n) is 9.35. The van der Waals surface area contributed by atoms with Crippen LogP contribution in [0.2, 0.25) is 0 Å². The number of carbonyl (C=O) groups excluding carboxylic acids is 1. The lowest BCUT2D eigenvalue weighted by atomic mass is 9.90. The molecule has 0 saturated heterocycles. The van der Waals surface area contributed by atoms with Crippen LogP contribution in [0.5, 0.6) is 0 Å². The van der Waals surface area contributed by atoms with E-state index < -0.39 is 0 Å². The molecule has 178 valence electrons. The molecule has 0 saturated carbocycles. The van der Waals surface area contributed by atoms with E-state index in [9.17, 15) is 4.79 Å². The molecular formula is C29H51NO. The summed E-state index contributed by atoms with van der Waals surface area (Å²) in [5.74, 6) is -0.291. The Morgan fingerprint density at radius 2 is 1.03 bits per heavy atom. The molecule has 2 nitrogen and oxygen atoms in total. The summed E-state index contributed by atoms with van der Waals surface area (Å²) in [5, 5.41) is 0. The Morgan fingerprint density at radius 3 is 1.42 bits per heavy atom. The number of aryl methyl sites for hydroxylation is 1. The third-order valence-electron chi connectivity index (χ3n) is 6.80. The van der Waals surface area contributed by atoms with Gasteiger partial charge in [-0.15, -0.1) is 0 Å². The summed E-state index contributed by atoms with van der Waals surface area (Å²) in [6.45, 7) is 6.60. The van der Waals surface area contributed by atoms with Crippen LogP contribution in [0.1, 0.15) is 151 Å². The van der Waals surface area contributed by atoms with Gasteiger partial charge in [-0.2, -0.15) is 0 Å². The third-order valence-corrected chi connectivity index (χ3v) is 6.80. The van der Waals surface area contributed by atoms with Crippen LogP contribution in [0.4, 0.5) is 0 Å². The van der Waals surface area contributed by atoms with Gasteiger partial charge in [-0.3, -0.25) is 4.79 Å². The number of nitrogens with two attached hydrogens (primary N) is 1. The summed E-state index contributed by atoms with van der Waals surface area (Å²) in [7, 11) is 0. The van der Waals surface area contributed by atoms with E-state index in [4.69, 9.17) is 5.73 Å². The second-order valence-corrected chi connectivity index (χ2v) is 9.35. The summed E-state index contributed by atoms with van der Waals surface area (Å²) in [4.78, 5) is 11.7. The van der Waals surface area contributed by atoms with Crippen LogP contribution in [-0.4, -0.2) is 5.91 Å². The van der Waals surface area contributed by atoms with Crippen LogP contribution in [0.15, 0.2) is 12.1 Å². The fourth-order valence-corrected chi connectivity index (χ4v) is 4.91. The number of benzene rings is 1. The van der Waals surface area contributed by atoms with Gasteiger partial charge in [0.2, 0.25) is 5.91 Å². The van der Waals surface area contributed by atoms with E-state index in [0.717, 1.165) is 24.8 Å². The molecule has 0 heterocycles. The van der Waals surface area contributed by atoms with Gasteiger partial charge in [0.25, 0.3) is 0 Å². The van der Waals surface area contributed by atoms with E-state index in [2.05, 4.69) is 26.8 Å². The highest BCUT2D eigenvalue weighted by molar-refractivity contribution is 5.94. The van der Waals surface area contributed by atoms with Crippen molar-refractivity contribution in [1.82, 2.24) is 0 Å². The quantitative estimate of drug-likeness (QED) is 0.207. The van der Waals surface area contributed by atoms with Gasteiger partial charge in [-0.25, -0.2) is 0 Å². The Bertz CT molecular complexity index is 593. The topological polar surface area (TPSA) is 43.1 Å². The third kappa shape index (κ3) is 11.8. The highest BCUT2D eigenvalue weighted by Gasteiger charge is 2.13. The highest BCUT2D eigenvalue weighted by Crippen LogP contribution is 2.23. The molecule has 0 spiro atoms. The van der Waals surface area contributed by atoms with Crippen LogP contribution in [-0.2, 0) is 19.3 Å². The van der Waals surface area contributed by atoms with Gasteiger partial charge < -0.3 is 5.73 Å². The number of primary amides is 1. The average Bonchev–Trinajstić information content (AvgIpc) is 2.77. The van der Waals surface area contributed by atoms with E-state index in [1.54, 1.807) is 0 Å². The maximum absolute atomic E-state index is 11.7. The lowest BCUT2D eigenvalue weighted by Gasteiger charge is -2.15. The van der Waals surface area contributed by atoms with Gasteiger partial charge in [0.1, 0.15) is 0 Å². The number of amides is 1. The minimum absolute atomic E-state index is 0.291. The smallest absolute Gasteiger partial charge is 0.248 e. The lowest BCUT2D eigenvalue weighted by molar-refractivity contribution is 0.0999. The Hall–Kier alpha value is -1.31. The van der Waals surface area contributed by atoms with Gasteiger partial charge >= 0.3 is 0 Å². The standard InChI is InChI=1S/C29H51NO/c1-4-7-8-9-10-11-12-13-14-15-16-17-18-19-20-21-22-25-23-24-28(29(30)31)27(6-3)26(25)5-2/h23-24H,4-22H2,1-3H3,(H2,30,31). The molecule has 2 heteroatoms. The van der Waals surface area contributed by atoms with E-state index in [0.29, 0.717) is 0 Å². The molecule has 0 unspecified atom stereocenters. The van der Waals surface area contributed by atoms with Crippen molar-refractivity contribution in [3.8, 4) is 0 Å². The number of hydrogen-bond acceptors (Lipinski definition) is 1. The summed E-state index contributed by atoms with van der Waals surface area (Å²) in [6.07, 6.45) is 25.5. The van der Waals surface area contributed by atoms with Crippen molar-refractivity contribution in [1.29, 1.82) is 0 Å². The molecule has 0 atom stereocenters.